The average molecular weight is 139 g/mol. The third kappa shape index (κ3) is 0.900. The van der Waals surface area contributed by atoms with Gasteiger partial charge in [0.25, 0.3) is 0 Å². The molecule has 0 unspecified atom stereocenters. The number of hydrogen-bond acceptors (Lipinski definition) is 0. The summed E-state index contributed by atoms with van der Waals surface area (Å²) in [6, 6.07) is 0. The van der Waals surface area contributed by atoms with Gasteiger partial charge in [0.05, 0.1) is 0 Å². The summed E-state index contributed by atoms with van der Waals surface area (Å²) in [4.78, 5) is 0. The van der Waals surface area contributed by atoms with Crippen molar-refractivity contribution >= 4 is 8.35 Å². The first-order chi connectivity index (χ1) is 4.38. The van der Waals surface area contributed by atoms with Crippen LogP contribution < -0.4 is 0 Å². The van der Waals surface area contributed by atoms with Crippen LogP contribution >= 0.6 is 8.35 Å². The molecular formula is C7H10NP. The fourth-order valence-corrected chi connectivity index (χ4v) is 2.21. The van der Waals surface area contributed by atoms with Gasteiger partial charge in [-0.15, -0.1) is 0 Å². The van der Waals surface area contributed by atoms with E-state index in [1.54, 1.807) is 5.30 Å². The molecule has 1 aromatic heterocycles. The van der Waals surface area contributed by atoms with Gasteiger partial charge in [-0.1, -0.05) is 0 Å². The molecule has 1 aromatic rings. The average Bonchev–Trinajstić information content (AvgIpc) is 2.58. The van der Waals surface area contributed by atoms with E-state index >= 15 is 0 Å². The van der Waals surface area contributed by atoms with Crippen molar-refractivity contribution < 1.29 is 0 Å². The fraction of sp³-hybridized carbons (Fsp3) is 0.571. The highest BCUT2D eigenvalue weighted by atomic mass is 31.0. The van der Waals surface area contributed by atoms with E-state index in [0.29, 0.717) is 0 Å². The molecule has 9 heavy (non-hydrogen) atoms. The summed E-state index contributed by atoms with van der Waals surface area (Å²) < 4.78 is 3.22. The summed E-state index contributed by atoms with van der Waals surface area (Å²) in [5.41, 5.74) is 1.47. The molecule has 2 heteroatoms. The van der Waals surface area contributed by atoms with E-state index in [1.807, 2.05) is 0 Å². The van der Waals surface area contributed by atoms with Crippen LogP contribution in [0.1, 0.15) is 29.6 Å². The van der Waals surface area contributed by atoms with Crippen molar-refractivity contribution in [3.05, 3.63) is 17.1 Å². The normalized spacial score (nSPS) is 19.2. The van der Waals surface area contributed by atoms with Crippen LogP contribution in [0.25, 0.3) is 0 Å². The number of aromatic amines is 1. The van der Waals surface area contributed by atoms with Gasteiger partial charge in [0.1, 0.15) is 0 Å². The molecule has 1 aliphatic carbocycles. The number of hydrogen-bond donors (Lipinski definition) is 1. The van der Waals surface area contributed by atoms with Crippen molar-refractivity contribution in [2.75, 3.05) is 0 Å². The lowest BCUT2D eigenvalue weighted by atomic mass is 10.2. The third-order valence-corrected chi connectivity index (χ3v) is 3.05. The molecule has 1 saturated carbocycles. The van der Waals surface area contributed by atoms with Gasteiger partial charge in [0.15, 0.2) is 0 Å². The number of aryl methyl sites for hydroxylation is 1. The molecule has 0 aromatic carbocycles. The smallest absolute Gasteiger partial charge is 0.0144 e. The van der Waals surface area contributed by atoms with E-state index in [1.165, 1.54) is 26.8 Å². The van der Waals surface area contributed by atoms with E-state index in [9.17, 15) is 0 Å². The van der Waals surface area contributed by atoms with Gasteiger partial charge in [-0.05, 0) is 31.2 Å². The minimum absolute atomic E-state index is 0.943. The zero-order chi connectivity index (χ0) is 6.27. The first-order valence-electron chi connectivity index (χ1n) is 3.38. The van der Waals surface area contributed by atoms with E-state index < -0.39 is 0 Å². The van der Waals surface area contributed by atoms with Crippen molar-refractivity contribution in [3.63, 3.8) is 0 Å². The lowest BCUT2D eigenvalue weighted by Gasteiger charge is -1.89. The first-order valence-corrected chi connectivity index (χ1v) is 4.27. The second kappa shape index (κ2) is 1.85. The van der Waals surface area contributed by atoms with Crippen molar-refractivity contribution in [1.82, 2.24) is 4.75 Å². The molecule has 1 aliphatic rings. The van der Waals surface area contributed by atoms with Gasteiger partial charge in [0.2, 0.25) is 0 Å². The fourth-order valence-electron chi connectivity index (χ4n) is 1.13. The zero-order valence-electron chi connectivity index (χ0n) is 5.52. The number of aromatic nitrogens is 1. The van der Waals surface area contributed by atoms with Gasteiger partial charge in [-0.25, -0.2) is 0 Å². The molecule has 0 aliphatic heterocycles. The Morgan fingerprint density at radius 1 is 1.67 bits per heavy atom. The van der Waals surface area contributed by atoms with E-state index in [-0.39, 0.29) is 0 Å². The van der Waals surface area contributed by atoms with Gasteiger partial charge in [-0.2, -0.15) is 0 Å². The molecule has 1 fully saturated rings. The molecule has 48 valence electrons. The molecule has 0 atom stereocenters. The largest absolute Gasteiger partial charge is 0.344 e. The lowest BCUT2D eigenvalue weighted by molar-refractivity contribution is 1.15. The summed E-state index contributed by atoms with van der Waals surface area (Å²) in [7, 11) is 1.35. The van der Waals surface area contributed by atoms with E-state index in [0.717, 1.165) is 5.92 Å². The zero-order valence-corrected chi connectivity index (χ0v) is 6.41. The molecule has 0 amide bonds. The maximum absolute atomic E-state index is 3.22. The Balaban J connectivity index is 2.35. The number of rotatable bonds is 1. The van der Waals surface area contributed by atoms with Crippen LogP contribution in [0, 0.1) is 6.92 Å². The molecule has 2 rings (SSSR count). The minimum atomic E-state index is 0.943. The summed E-state index contributed by atoms with van der Waals surface area (Å²) in [6.45, 7) is 2.20. The SMILES string of the molecule is Cc1c[nH]pc1C1CC1. The van der Waals surface area contributed by atoms with E-state index in [4.69, 9.17) is 0 Å². The molecule has 0 spiro atoms. The molecular weight excluding hydrogens is 129 g/mol. The van der Waals surface area contributed by atoms with Crippen molar-refractivity contribution in [1.29, 1.82) is 0 Å². The maximum atomic E-state index is 3.22. The predicted molar refractivity (Wildman–Crippen MR) is 40.0 cm³/mol. The predicted octanol–water partition coefficient (Wildman–Crippen LogP) is 2.78. The van der Waals surface area contributed by atoms with Crippen molar-refractivity contribution in [3.8, 4) is 0 Å². The molecule has 1 nitrogen and oxygen atoms in total. The lowest BCUT2D eigenvalue weighted by Crippen LogP contribution is -1.71. The summed E-state index contributed by atoms with van der Waals surface area (Å²) in [6.07, 6.45) is 4.97. The Labute approximate surface area is 56.7 Å². The summed E-state index contributed by atoms with van der Waals surface area (Å²) >= 11 is 0. The van der Waals surface area contributed by atoms with Crippen LogP contribution in [0.3, 0.4) is 0 Å². The quantitative estimate of drug-likeness (QED) is 0.615. The monoisotopic (exact) mass is 139 g/mol. The Morgan fingerprint density at radius 3 is 2.89 bits per heavy atom. The van der Waals surface area contributed by atoms with Gasteiger partial charge in [-0.3, -0.25) is 0 Å². The second-order valence-electron chi connectivity index (χ2n) is 2.73. The van der Waals surface area contributed by atoms with Crippen LogP contribution in [0.5, 0.6) is 0 Å². The standard InChI is InChI=1S/C7H10NP/c1-5-4-8-9-7(5)6-2-3-6/h4,6,8H,2-3H2,1H3. The van der Waals surface area contributed by atoms with Gasteiger partial charge >= 0.3 is 0 Å². The van der Waals surface area contributed by atoms with Crippen LogP contribution in [-0.4, -0.2) is 4.75 Å². The second-order valence-corrected chi connectivity index (χ2v) is 3.69. The molecule has 1 heterocycles. The van der Waals surface area contributed by atoms with Crippen LogP contribution in [-0.2, 0) is 0 Å². The first kappa shape index (κ1) is 5.49. The Kier molecular flexibility index (Phi) is 1.13. The highest BCUT2D eigenvalue weighted by Crippen LogP contribution is 2.44. The third-order valence-electron chi connectivity index (χ3n) is 1.83. The number of H-pyrrole nitrogens is 1. The Bertz CT molecular complexity index is 212. The van der Waals surface area contributed by atoms with Crippen molar-refractivity contribution in [2.24, 2.45) is 0 Å². The highest BCUT2D eigenvalue weighted by Gasteiger charge is 2.25. The van der Waals surface area contributed by atoms with E-state index in [2.05, 4.69) is 17.9 Å². The maximum Gasteiger partial charge on any atom is 0.0144 e. The molecule has 0 bridgehead atoms. The summed E-state index contributed by atoms with van der Waals surface area (Å²) in [5, 5.41) is 1.63. The molecule has 0 saturated heterocycles. The minimum Gasteiger partial charge on any atom is -0.344 e. The highest BCUT2D eigenvalue weighted by molar-refractivity contribution is 7.26. The Morgan fingerprint density at radius 2 is 2.44 bits per heavy atom. The number of nitrogens with one attached hydrogen (secondary N) is 1. The van der Waals surface area contributed by atoms with Crippen LogP contribution in [0.2, 0.25) is 0 Å². The summed E-state index contributed by atoms with van der Waals surface area (Å²) in [5.74, 6) is 0.943. The topological polar surface area (TPSA) is 15.8 Å². The Hall–Kier alpha value is -0.290. The van der Waals surface area contributed by atoms with Crippen LogP contribution in [0.15, 0.2) is 6.20 Å². The molecule has 1 N–H and O–H groups in total. The van der Waals surface area contributed by atoms with Crippen LogP contribution in [0.4, 0.5) is 0 Å². The van der Waals surface area contributed by atoms with Crippen molar-refractivity contribution in [2.45, 2.75) is 25.7 Å². The van der Waals surface area contributed by atoms with Gasteiger partial charge < -0.3 is 4.75 Å². The molecule has 0 radical (unpaired) electrons. The van der Waals surface area contributed by atoms with Gasteiger partial charge in [0, 0.05) is 19.8 Å².